The van der Waals surface area contributed by atoms with Crippen LogP contribution in [0.5, 0.6) is 0 Å². The fraction of sp³-hybridized carbons (Fsp3) is 0.0769. The van der Waals surface area contributed by atoms with E-state index in [0.717, 1.165) is 24.3 Å². The van der Waals surface area contributed by atoms with Gasteiger partial charge in [0.15, 0.2) is 0 Å². The van der Waals surface area contributed by atoms with Crippen LogP contribution in [0.15, 0.2) is 40.9 Å². The molecule has 2 rings (SSSR count). The first-order valence-electron chi connectivity index (χ1n) is 5.45. The normalized spacial score (nSPS) is 11.4. The van der Waals surface area contributed by atoms with Crippen molar-refractivity contribution in [2.45, 2.75) is 6.18 Å². The minimum absolute atomic E-state index is 0.171. The van der Waals surface area contributed by atoms with E-state index in [4.69, 9.17) is 5.73 Å². The van der Waals surface area contributed by atoms with Crippen LogP contribution in [-0.4, -0.2) is 0 Å². The Labute approximate surface area is 120 Å². The quantitative estimate of drug-likeness (QED) is 0.596. The molecular weight excluding hydrogens is 340 g/mol. The molecule has 0 aliphatic heterocycles. The highest BCUT2D eigenvalue weighted by Gasteiger charge is 2.30. The fourth-order valence-electron chi connectivity index (χ4n) is 1.64. The summed E-state index contributed by atoms with van der Waals surface area (Å²) in [5, 5.41) is 2.70. The van der Waals surface area contributed by atoms with Crippen LogP contribution in [0.1, 0.15) is 5.56 Å². The van der Waals surface area contributed by atoms with Crippen molar-refractivity contribution in [3.8, 4) is 0 Å². The summed E-state index contributed by atoms with van der Waals surface area (Å²) in [5.41, 5.74) is 5.29. The van der Waals surface area contributed by atoms with Crippen molar-refractivity contribution >= 4 is 33.0 Å². The van der Waals surface area contributed by atoms with Gasteiger partial charge in [-0.05, 0) is 52.3 Å². The molecule has 2 aromatic rings. The second kappa shape index (κ2) is 5.32. The molecule has 20 heavy (non-hydrogen) atoms. The topological polar surface area (TPSA) is 38.0 Å². The van der Waals surface area contributed by atoms with Crippen LogP contribution >= 0.6 is 15.9 Å². The lowest BCUT2D eigenvalue weighted by Crippen LogP contribution is -2.05. The van der Waals surface area contributed by atoms with E-state index in [-0.39, 0.29) is 17.1 Å². The van der Waals surface area contributed by atoms with Gasteiger partial charge in [0, 0.05) is 15.8 Å². The molecule has 0 saturated heterocycles. The Bertz CT molecular complexity index is 621. The summed E-state index contributed by atoms with van der Waals surface area (Å²) in [6.45, 7) is 0. The van der Waals surface area contributed by atoms with E-state index in [0.29, 0.717) is 4.47 Å². The van der Waals surface area contributed by atoms with Crippen molar-refractivity contribution in [2.75, 3.05) is 11.1 Å². The maximum Gasteiger partial charge on any atom is 0.416 e. The highest BCUT2D eigenvalue weighted by molar-refractivity contribution is 9.10. The molecular formula is C13H9BrF4N2. The number of nitrogen functional groups attached to an aromatic ring is 1. The first-order valence-corrected chi connectivity index (χ1v) is 6.25. The van der Waals surface area contributed by atoms with Crippen molar-refractivity contribution in [1.82, 2.24) is 0 Å². The number of nitrogens with one attached hydrogen (secondary N) is 1. The van der Waals surface area contributed by atoms with Gasteiger partial charge < -0.3 is 11.1 Å². The number of alkyl halides is 3. The Hall–Kier alpha value is -1.76. The molecule has 0 aliphatic carbocycles. The lowest BCUT2D eigenvalue weighted by Gasteiger charge is -2.13. The Morgan fingerprint density at radius 3 is 2.35 bits per heavy atom. The van der Waals surface area contributed by atoms with Crippen molar-refractivity contribution < 1.29 is 17.6 Å². The van der Waals surface area contributed by atoms with Crippen molar-refractivity contribution in [1.29, 1.82) is 0 Å². The smallest absolute Gasteiger partial charge is 0.399 e. The second-order valence-corrected chi connectivity index (χ2v) is 4.94. The number of anilines is 3. The molecule has 0 saturated carbocycles. The van der Waals surface area contributed by atoms with E-state index in [1.807, 2.05) is 0 Å². The molecule has 106 valence electrons. The molecule has 2 aromatic carbocycles. The maximum absolute atomic E-state index is 13.2. The predicted octanol–water partition coefficient (Wildman–Crippen LogP) is 4.93. The molecule has 2 nitrogen and oxygen atoms in total. The molecule has 0 aliphatic rings. The Kier molecular flexibility index (Phi) is 3.89. The van der Waals surface area contributed by atoms with Gasteiger partial charge in [0.1, 0.15) is 5.82 Å². The van der Waals surface area contributed by atoms with Gasteiger partial charge in [-0.3, -0.25) is 0 Å². The molecule has 0 spiro atoms. The zero-order chi connectivity index (χ0) is 14.9. The summed E-state index contributed by atoms with van der Waals surface area (Å²) in [6.07, 6.45) is -4.45. The van der Waals surface area contributed by atoms with E-state index >= 15 is 0 Å². The van der Waals surface area contributed by atoms with Crippen LogP contribution in [-0.2, 0) is 6.18 Å². The first kappa shape index (κ1) is 14.6. The van der Waals surface area contributed by atoms with Crippen molar-refractivity contribution in [2.24, 2.45) is 0 Å². The molecule has 0 heterocycles. The van der Waals surface area contributed by atoms with Gasteiger partial charge in [0.25, 0.3) is 0 Å². The number of nitrogens with two attached hydrogens (primary N) is 1. The van der Waals surface area contributed by atoms with Crippen molar-refractivity contribution in [3.63, 3.8) is 0 Å². The number of halogens is 5. The molecule has 7 heteroatoms. The highest BCUT2D eigenvalue weighted by atomic mass is 79.9. The standard InChI is InChI=1S/C13H9BrF4N2/c14-11-2-1-7(13(16,17)18)3-12(11)20-10-5-8(15)4-9(19)6-10/h1-6,20H,19H2. The van der Waals surface area contributed by atoms with Crippen LogP contribution in [0.2, 0.25) is 0 Å². The SMILES string of the molecule is Nc1cc(F)cc(Nc2cc(C(F)(F)F)ccc2Br)c1. The minimum Gasteiger partial charge on any atom is -0.399 e. The molecule has 3 N–H and O–H groups in total. The highest BCUT2D eigenvalue weighted by Crippen LogP contribution is 2.35. The Balaban J connectivity index is 2.37. The zero-order valence-corrected chi connectivity index (χ0v) is 11.5. The van der Waals surface area contributed by atoms with E-state index < -0.39 is 17.6 Å². The number of hydrogen-bond donors (Lipinski definition) is 2. The fourth-order valence-corrected chi connectivity index (χ4v) is 1.98. The largest absolute Gasteiger partial charge is 0.416 e. The molecule has 0 atom stereocenters. The summed E-state index contributed by atoms with van der Waals surface area (Å²) in [6, 6.07) is 6.85. The van der Waals surface area contributed by atoms with Gasteiger partial charge in [-0.2, -0.15) is 13.2 Å². The lowest BCUT2D eigenvalue weighted by molar-refractivity contribution is -0.137. The summed E-state index contributed by atoms with van der Waals surface area (Å²) in [4.78, 5) is 0. The number of hydrogen-bond acceptors (Lipinski definition) is 2. The molecule has 0 unspecified atom stereocenters. The van der Waals surface area contributed by atoms with Crippen LogP contribution < -0.4 is 11.1 Å². The van der Waals surface area contributed by atoms with E-state index in [1.165, 1.54) is 12.1 Å². The molecule has 0 fully saturated rings. The number of benzene rings is 2. The van der Waals surface area contributed by atoms with E-state index in [9.17, 15) is 17.6 Å². The van der Waals surface area contributed by atoms with Gasteiger partial charge in [-0.1, -0.05) is 0 Å². The van der Waals surface area contributed by atoms with Crippen LogP contribution in [0, 0.1) is 5.82 Å². The summed E-state index contributed by atoms with van der Waals surface area (Å²) in [5.74, 6) is -0.574. The predicted molar refractivity (Wildman–Crippen MR) is 73.2 cm³/mol. The van der Waals surface area contributed by atoms with E-state index in [2.05, 4.69) is 21.2 Å². The van der Waals surface area contributed by atoms with Crippen LogP contribution in [0.4, 0.5) is 34.6 Å². The minimum atomic E-state index is -4.45. The monoisotopic (exact) mass is 348 g/mol. The Morgan fingerprint density at radius 2 is 1.75 bits per heavy atom. The summed E-state index contributed by atoms with van der Waals surface area (Å²) < 4.78 is 51.5. The van der Waals surface area contributed by atoms with E-state index in [1.54, 1.807) is 0 Å². The second-order valence-electron chi connectivity index (χ2n) is 4.09. The van der Waals surface area contributed by atoms with Gasteiger partial charge >= 0.3 is 6.18 Å². The van der Waals surface area contributed by atoms with Gasteiger partial charge in [0.05, 0.1) is 11.3 Å². The van der Waals surface area contributed by atoms with Gasteiger partial charge in [-0.25, -0.2) is 4.39 Å². The molecule has 0 aromatic heterocycles. The Morgan fingerprint density at radius 1 is 1.05 bits per heavy atom. The molecule has 0 amide bonds. The molecule has 0 bridgehead atoms. The third-order valence-corrected chi connectivity index (χ3v) is 3.18. The number of rotatable bonds is 2. The zero-order valence-electron chi connectivity index (χ0n) is 9.93. The average Bonchev–Trinajstić information content (AvgIpc) is 2.29. The third kappa shape index (κ3) is 3.41. The van der Waals surface area contributed by atoms with Crippen LogP contribution in [0.3, 0.4) is 0 Å². The van der Waals surface area contributed by atoms with Crippen molar-refractivity contribution in [3.05, 3.63) is 52.3 Å². The van der Waals surface area contributed by atoms with Gasteiger partial charge in [-0.15, -0.1) is 0 Å². The average molecular weight is 349 g/mol. The van der Waals surface area contributed by atoms with Gasteiger partial charge in [0.2, 0.25) is 0 Å². The lowest BCUT2D eigenvalue weighted by atomic mass is 10.2. The third-order valence-electron chi connectivity index (χ3n) is 2.49. The summed E-state index contributed by atoms with van der Waals surface area (Å²) >= 11 is 3.14. The van der Waals surface area contributed by atoms with Crippen LogP contribution in [0.25, 0.3) is 0 Å². The first-order chi connectivity index (χ1) is 9.25. The maximum atomic E-state index is 13.2. The molecule has 0 radical (unpaired) electrons. The summed E-state index contributed by atoms with van der Waals surface area (Å²) in [7, 11) is 0.